The molecule has 0 aliphatic rings. The summed E-state index contributed by atoms with van der Waals surface area (Å²) in [5.74, 6) is 0.160. The van der Waals surface area contributed by atoms with Gasteiger partial charge in [-0.15, -0.1) is 0 Å². The summed E-state index contributed by atoms with van der Waals surface area (Å²) < 4.78 is 4.95. The fourth-order valence-electron chi connectivity index (χ4n) is 1.52. The first-order valence-corrected chi connectivity index (χ1v) is 6.74. The molecule has 1 aromatic rings. The van der Waals surface area contributed by atoms with Gasteiger partial charge in [-0.05, 0) is 25.0 Å². The van der Waals surface area contributed by atoms with Crippen LogP contribution in [0.4, 0.5) is 4.79 Å². The van der Waals surface area contributed by atoms with Crippen molar-refractivity contribution < 1.29 is 14.3 Å². The van der Waals surface area contributed by atoms with E-state index in [1.165, 1.54) is 0 Å². The number of benzene rings is 1. The second kappa shape index (κ2) is 8.19. The summed E-state index contributed by atoms with van der Waals surface area (Å²) in [4.78, 5) is 23.1. The minimum absolute atomic E-state index is 0.147. The van der Waals surface area contributed by atoms with Crippen LogP contribution in [0.2, 0.25) is 0 Å². The summed E-state index contributed by atoms with van der Waals surface area (Å²) in [6.45, 7) is 6.97. The third kappa shape index (κ3) is 6.22. The standard InChI is InChI=1S/C15H22N2O3/c1-11(2)10-20-15(19)17-8-7-16-14(18)13-6-4-5-12(3)9-13/h4-6,9,11H,7-8,10H2,1-3H3,(H,16,18)(H,17,19). The highest BCUT2D eigenvalue weighted by Crippen LogP contribution is 2.03. The van der Waals surface area contributed by atoms with E-state index in [1.807, 2.05) is 39.0 Å². The lowest BCUT2D eigenvalue weighted by Crippen LogP contribution is -2.35. The van der Waals surface area contributed by atoms with Gasteiger partial charge < -0.3 is 15.4 Å². The highest BCUT2D eigenvalue weighted by molar-refractivity contribution is 5.94. The van der Waals surface area contributed by atoms with Crippen LogP contribution in [-0.2, 0) is 4.74 Å². The van der Waals surface area contributed by atoms with Crippen molar-refractivity contribution in [2.75, 3.05) is 19.7 Å². The normalized spacial score (nSPS) is 10.2. The molecule has 0 atom stereocenters. The quantitative estimate of drug-likeness (QED) is 0.783. The molecule has 5 heteroatoms. The molecule has 1 rings (SSSR count). The van der Waals surface area contributed by atoms with Gasteiger partial charge >= 0.3 is 6.09 Å². The Hall–Kier alpha value is -2.04. The zero-order valence-corrected chi connectivity index (χ0v) is 12.2. The summed E-state index contributed by atoms with van der Waals surface area (Å²) in [6, 6.07) is 7.35. The van der Waals surface area contributed by atoms with Crippen LogP contribution in [0.3, 0.4) is 0 Å². The molecule has 0 unspecified atom stereocenters. The van der Waals surface area contributed by atoms with Gasteiger partial charge in [0.25, 0.3) is 5.91 Å². The van der Waals surface area contributed by atoms with Crippen LogP contribution in [0.25, 0.3) is 0 Å². The Kier molecular flexibility index (Phi) is 6.56. The number of hydrogen-bond acceptors (Lipinski definition) is 3. The monoisotopic (exact) mass is 278 g/mol. The molecule has 5 nitrogen and oxygen atoms in total. The van der Waals surface area contributed by atoms with Gasteiger partial charge in [0.2, 0.25) is 0 Å². The van der Waals surface area contributed by atoms with Crippen molar-refractivity contribution in [3.8, 4) is 0 Å². The minimum Gasteiger partial charge on any atom is -0.449 e. The van der Waals surface area contributed by atoms with E-state index in [9.17, 15) is 9.59 Å². The van der Waals surface area contributed by atoms with E-state index in [0.717, 1.165) is 5.56 Å². The van der Waals surface area contributed by atoms with Gasteiger partial charge in [-0.1, -0.05) is 31.5 Å². The maximum Gasteiger partial charge on any atom is 0.407 e. The Morgan fingerprint density at radius 2 is 1.90 bits per heavy atom. The predicted octanol–water partition coefficient (Wildman–Crippen LogP) is 2.11. The fraction of sp³-hybridized carbons (Fsp3) is 0.467. The lowest BCUT2D eigenvalue weighted by molar-refractivity contribution is 0.0951. The van der Waals surface area contributed by atoms with E-state index < -0.39 is 6.09 Å². The average Bonchev–Trinajstić information content (AvgIpc) is 2.41. The Labute approximate surface area is 119 Å². The second-order valence-electron chi connectivity index (χ2n) is 5.04. The Bertz CT molecular complexity index is 458. The smallest absolute Gasteiger partial charge is 0.407 e. The van der Waals surface area contributed by atoms with Gasteiger partial charge in [-0.25, -0.2) is 4.79 Å². The average molecular weight is 278 g/mol. The first-order chi connectivity index (χ1) is 9.49. The number of rotatable bonds is 6. The number of nitrogens with one attached hydrogen (secondary N) is 2. The van der Waals surface area contributed by atoms with Crippen LogP contribution in [0.1, 0.15) is 29.8 Å². The van der Waals surface area contributed by atoms with E-state index in [0.29, 0.717) is 31.2 Å². The maximum absolute atomic E-state index is 11.8. The molecule has 0 radical (unpaired) electrons. The number of carbonyl (C=O) groups excluding carboxylic acids is 2. The van der Waals surface area contributed by atoms with E-state index in [4.69, 9.17) is 4.74 Å². The number of amides is 2. The number of ether oxygens (including phenoxy) is 1. The molecule has 20 heavy (non-hydrogen) atoms. The highest BCUT2D eigenvalue weighted by Gasteiger charge is 2.06. The van der Waals surface area contributed by atoms with Crippen LogP contribution in [-0.4, -0.2) is 31.7 Å². The molecular weight excluding hydrogens is 256 g/mol. The Morgan fingerprint density at radius 1 is 1.20 bits per heavy atom. The lowest BCUT2D eigenvalue weighted by Gasteiger charge is -2.09. The SMILES string of the molecule is Cc1cccc(C(=O)NCCNC(=O)OCC(C)C)c1. The lowest BCUT2D eigenvalue weighted by atomic mass is 10.1. The highest BCUT2D eigenvalue weighted by atomic mass is 16.5. The van der Waals surface area contributed by atoms with Gasteiger partial charge in [0, 0.05) is 18.7 Å². The molecule has 1 aromatic carbocycles. The second-order valence-corrected chi connectivity index (χ2v) is 5.04. The van der Waals surface area contributed by atoms with E-state index in [-0.39, 0.29) is 5.91 Å². The van der Waals surface area contributed by atoms with Crippen LogP contribution >= 0.6 is 0 Å². The number of aryl methyl sites for hydroxylation is 1. The van der Waals surface area contributed by atoms with Crippen molar-refractivity contribution in [2.45, 2.75) is 20.8 Å². The van der Waals surface area contributed by atoms with Crippen molar-refractivity contribution in [3.05, 3.63) is 35.4 Å². The molecule has 0 spiro atoms. The van der Waals surface area contributed by atoms with Gasteiger partial charge in [0.05, 0.1) is 6.61 Å². The first-order valence-electron chi connectivity index (χ1n) is 6.74. The van der Waals surface area contributed by atoms with Crippen molar-refractivity contribution >= 4 is 12.0 Å². The first kappa shape index (κ1) is 16.0. The third-order valence-corrected chi connectivity index (χ3v) is 2.51. The third-order valence-electron chi connectivity index (χ3n) is 2.51. The van der Waals surface area contributed by atoms with E-state index in [1.54, 1.807) is 6.07 Å². The summed E-state index contributed by atoms with van der Waals surface area (Å²) in [5, 5.41) is 5.32. The molecule has 0 fully saturated rings. The molecule has 2 amide bonds. The summed E-state index contributed by atoms with van der Waals surface area (Å²) in [6.07, 6.45) is -0.455. The maximum atomic E-state index is 11.8. The van der Waals surface area contributed by atoms with E-state index >= 15 is 0 Å². The summed E-state index contributed by atoms with van der Waals surface area (Å²) in [5.41, 5.74) is 1.65. The molecule has 0 heterocycles. The summed E-state index contributed by atoms with van der Waals surface area (Å²) >= 11 is 0. The molecule has 0 aliphatic carbocycles. The molecule has 2 N–H and O–H groups in total. The van der Waals surface area contributed by atoms with Crippen LogP contribution < -0.4 is 10.6 Å². The van der Waals surface area contributed by atoms with Crippen LogP contribution in [0.5, 0.6) is 0 Å². The van der Waals surface area contributed by atoms with Crippen LogP contribution in [0.15, 0.2) is 24.3 Å². The molecule has 0 aliphatic heterocycles. The molecule has 0 bridgehead atoms. The zero-order valence-electron chi connectivity index (χ0n) is 12.2. The molecular formula is C15H22N2O3. The topological polar surface area (TPSA) is 67.4 Å². The van der Waals surface area contributed by atoms with Gasteiger partial charge in [0.1, 0.15) is 0 Å². The largest absolute Gasteiger partial charge is 0.449 e. The minimum atomic E-state index is -0.455. The zero-order chi connectivity index (χ0) is 15.0. The summed E-state index contributed by atoms with van der Waals surface area (Å²) in [7, 11) is 0. The van der Waals surface area contributed by atoms with Crippen molar-refractivity contribution in [1.29, 1.82) is 0 Å². The number of alkyl carbamates (subject to hydrolysis) is 1. The molecule has 0 saturated carbocycles. The van der Waals surface area contributed by atoms with Gasteiger partial charge in [0.15, 0.2) is 0 Å². The Morgan fingerprint density at radius 3 is 2.55 bits per heavy atom. The fourth-order valence-corrected chi connectivity index (χ4v) is 1.52. The number of carbonyl (C=O) groups is 2. The molecule has 110 valence electrons. The van der Waals surface area contributed by atoms with Crippen molar-refractivity contribution in [2.24, 2.45) is 5.92 Å². The number of hydrogen-bond donors (Lipinski definition) is 2. The predicted molar refractivity (Wildman–Crippen MR) is 77.7 cm³/mol. The van der Waals surface area contributed by atoms with Crippen molar-refractivity contribution in [3.63, 3.8) is 0 Å². The molecule has 0 aromatic heterocycles. The van der Waals surface area contributed by atoms with Gasteiger partial charge in [-0.3, -0.25) is 4.79 Å². The Balaban J connectivity index is 2.21. The van der Waals surface area contributed by atoms with Crippen molar-refractivity contribution in [1.82, 2.24) is 10.6 Å². The van der Waals surface area contributed by atoms with Gasteiger partial charge in [-0.2, -0.15) is 0 Å². The van der Waals surface area contributed by atoms with Crippen LogP contribution in [0, 0.1) is 12.8 Å². The molecule has 0 saturated heterocycles. The van der Waals surface area contributed by atoms with E-state index in [2.05, 4.69) is 10.6 Å².